The molecule has 0 fully saturated rings. The molecule has 3 nitrogen and oxygen atoms in total. The standard InChI is InChI=1S/C12H18N2O/c1-3-14-9-11(8-13-14)12(15)6-4-10(2)5-7-12/h4,6,8-10,15H,3,5,7H2,1-2H3. The average molecular weight is 206 g/mol. The molecule has 0 amide bonds. The molecule has 2 rings (SSSR count). The van der Waals surface area contributed by atoms with Crippen molar-refractivity contribution in [1.82, 2.24) is 9.78 Å². The van der Waals surface area contributed by atoms with Crippen LogP contribution in [0, 0.1) is 5.92 Å². The van der Waals surface area contributed by atoms with Crippen molar-refractivity contribution in [2.45, 2.75) is 38.8 Å². The van der Waals surface area contributed by atoms with Gasteiger partial charge in [0, 0.05) is 18.3 Å². The van der Waals surface area contributed by atoms with E-state index in [0.717, 1.165) is 24.9 Å². The molecule has 1 aromatic rings. The van der Waals surface area contributed by atoms with Crippen LogP contribution in [0.15, 0.2) is 24.5 Å². The Kier molecular flexibility index (Phi) is 2.65. The highest BCUT2D eigenvalue weighted by atomic mass is 16.3. The summed E-state index contributed by atoms with van der Waals surface area (Å²) in [5, 5.41) is 14.6. The second kappa shape index (κ2) is 3.81. The largest absolute Gasteiger partial charge is 0.381 e. The lowest BCUT2D eigenvalue weighted by Gasteiger charge is -2.28. The molecule has 82 valence electrons. The highest BCUT2D eigenvalue weighted by molar-refractivity contribution is 5.24. The average Bonchev–Trinajstić information content (AvgIpc) is 2.72. The van der Waals surface area contributed by atoms with Gasteiger partial charge in [0.2, 0.25) is 0 Å². The molecule has 1 heterocycles. The zero-order valence-corrected chi connectivity index (χ0v) is 9.35. The summed E-state index contributed by atoms with van der Waals surface area (Å²) < 4.78 is 1.85. The predicted molar refractivity (Wildman–Crippen MR) is 59.3 cm³/mol. The zero-order valence-electron chi connectivity index (χ0n) is 9.35. The minimum atomic E-state index is -0.792. The van der Waals surface area contributed by atoms with E-state index >= 15 is 0 Å². The summed E-state index contributed by atoms with van der Waals surface area (Å²) >= 11 is 0. The van der Waals surface area contributed by atoms with E-state index in [-0.39, 0.29) is 0 Å². The van der Waals surface area contributed by atoms with Gasteiger partial charge in [-0.3, -0.25) is 4.68 Å². The molecule has 1 aliphatic rings. The highest BCUT2D eigenvalue weighted by Crippen LogP contribution is 2.33. The van der Waals surface area contributed by atoms with Crippen LogP contribution in [-0.2, 0) is 12.1 Å². The third-order valence-corrected chi connectivity index (χ3v) is 3.14. The van der Waals surface area contributed by atoms with E-state index in [1.54, 1.807) is 6.20 Å². The minimum absolute atomic E-state index is 0.575. The van der Waals surface area contributed by atoms with Crippen LogP contribution in [0.3, 0.4) is 0 Å². The number of hydrogen-bond donors (Lipinski definition) is 1. The number of allylic oxidation sites excluding steroid dienone is 1. The van der Waals surface area contributed by atoms with Crippen LogP contribution < -0.4 is 0 Å². The predicted octanol–water partition coefficient (Wildman–Crippen LogP) is 2.08. The molecule has 0 radical (unpaired) electrons. The van der Waals surface area contributed by atoms with Gasteiger partial charge in [-0.15, -0.1) is 0 Å². The third kappa shape index (κ3) is 1.97. The first-order valence-electron chi connectivity index (χ1n) is 5.59. The Bertz CT molecular complexity index is 369. The molecule has 2 atom stereocenters. The Morgan fingerprint density at radius 1 is 1.67 bits per heavy atom. The Morgan fingerprint density at radius 3 is 3.00 bits per heavy atom. The van der Waals surface area contributed by atoms with Crippen molar-refractivity contribution < 1.29 is 5.11 Å². The lowest BCUT2D eigenvalue weighted by Crippen LogP contribution is -2.26. The summed E-state index contributed by atoms with van der Waals surface area (Å²) in [5.41, 5.74) is 0.118. The van der Waals surface area contributed by atoms with Crippen LogP contribution in [0.1, 0.15) is 32.3 Å². The molecule has 0 spiro atoms. The quantitative estimate of drug-likeness (QED) is 0.752. The van der Waals surface area contributed by atoms with Crippen molar-refractivity contribution in [3.05, 3.63) is 30.1 Å². The van der Waals surface area contributed by atoms with Crippen molar-refractivity contribution in [2.24, 2.45) is 5.92 Å². The molecule has 1 aromatic heterocycles. The smallest absolute Gasteiger partial charge is 0.111 e. The van der Waals surface area contributed by atoms with Crippen molar-refractivity contribution in [1.29, 1.82) is 0 Å². The molecular formula is C12H18N2O. The summed E-state index contributed by atoms with van der Waals surface area (Å²) in [6, 6.07) is 0. The zero-order chi connectivity index (χ0) is 10.9. The van der Waals surface area contributed by atoms with Gasteiger partial charge in [-0.1, -0.05) is 19.1 Å². The summed E-state index contributed by atoms with van der Waals surface area (Å²) in [6.07, 6.45) is 9.53. The monoisotopic (exact) mass is 206 g/mol. The minimum Gasteiger partial charge on any atom is -0.381 e. The SMILES string of the molecule is CCn1cc(C2(O)C=CC(C)CC2)cn1. The number of rotatable bonds is 2. The molecule has 1 aliphatic carbocycles. The first-order chi connectivity index (χ1) is 7.14. The van der Waals surface area contributed by atoms with Gasteiger partial charge in [-0.05, 0) is 25.7 Å². The topological polar surface area (TPSA) is 38.0 Å². The van der Waals surface area contributed by atoms with Crippen LogP contribution >= 0.6 is 0 Å². The molecule has 0 saturated heterocycles. The van der Waals surface area contributed by atoms with E-state index < -0.39 is 5.60 Å². The third-order valence-electron chi connectivity index (χ3n) is 3.14. The maximum atomic E-state index is 10.4. The molecular weight excluding hydrogens is 188 g/mol. The fourth-order valence-electron chi connectivity index (χ4n) is 1.95. The molecule has 1 N–H and O–H groups in total. The van der Waals surface area contributed by atoms with Crippen molar-refractivity contribution in [3.63, 3.8) is 0 Å². The van der Waals surface area contributed by atoms with Crippen LogP contribution in [0.2, 0.25) is 0 Å². The Labute approximate surface area is 90.4 Å². The second-order valence-corrected chi connectivity index (χ2v) is 4.38. The second-order valence-electron chi connectivity index (χ2n) is 4.38. The molecule has 15 heavy (non-hydrogen) atoms. The van der Waals surface area contributed by atoms with Crippen molar-refractivity contribution in [2.75, 3.05) is 0 Å². The van der Waals surface area contributed by atoms with Crippen LogP contribution in [-0.4, -0.2) is 14.9 Å². The van der Waals surface area contributed by atoms with Crippen molar-refractivity contribution >= 4 is 0 Å². The van der Waals surface area contributed by atoms with Gasteiger partial charge in [-0.2, -0.15) is 5.10 Å². The van der Waals surface area contributed by atoms with E-state index in [2.05, 4.69) is 18.1 Å². The first kappa shape index (κ1) is 10.4. The lowest BCUT2D eigenvalue weighted by molar-refractivity contribution is 0.0672. The van der Waals surface area contributed by atoms with Crippen LogP contribution in [0.5, 0.6) is 0 Å². The summed E-state index contributed by atoms with van der Waals surface area (Å²) in [7, 11) is 0. The van der Waals surface area contributed by atoms with Gasteiger partial charge in [0.25, 0.3) is 0 Å². The number of aromatic nitrogens is 2. The number of hydrogen-bond acceptors (Lipinski definition) is 2. The maximum Gasteiger partial charge on any atom is 0.111 e. The van der Waals surface area contributed by atoms with E-state index in [4.69, 9.17) is 0 Å². The summed E-state index contributed by atoms with van der Waals surface area (Å²) in [4.78, 5) is 0. The molecule has 0 saturated carbocycles. The molecule has 0 aromatic carbocycles. The lowest BCUT2D eigenvalue weighted by atomic mass is 9.82. The van der Waals surface area contributed by atoms with Gasteiger partial charge in [0.1, 0.15) is 5.60 Å². The van der Waals surface area contributed by atoms with Gasteiger partial charge in [0.05, 0.1) is 6.20 Å². The number of aliphatic hydroxyl groups is 1. The molecule has 2 unspecified atom stereocenters. The Balaban J connectivity index is 2.25. The van der Waals surface area contributed by atoms with E-state index in [9.17, 15) is 5.11 Å². The van der Waals surface area contributed by atoms with Gasteiger partial charge in [-0.25, -0.2) is 0 Å². The molecule has 0 bridgehead atoms. The number of aryl methyl sites for hydroxylation is 1. The number of nitrogens with zero attached hydrogens (tertiary/aromatic N) is 2. The Morgan fingerprint density at radius 2 is 2.47 bits per heavy atom. The summed E-state index contributed by atoms with van der Waals surface area (Å²) in [5.74, 6) is 0.575. The molecule has 3 heteroatoms. The Hall–Kier alpha value is -1.09. The fraction of sp³-hybridized carbons (Fsp3) is 0.583. The van der Waals surface area contributed by atoms with Gasteiger partial charge >= 0.3 is 0 Å². The van der Waals surface area contributed by atoms with E-state index in [0.29, 0.717) is 5.92 Å². The van der Waals surface area contributed by atoms with Crippen molar-refractivity contribution in [3.8, 4) is 0 Å². The van der Waals surface area contributed by atoms with Crippen LogP contribution in [0.25, 0.3) is 0 Å². The fourth-order valence-corrected chi connectivity index (χ4v) is 1.95. The first-order valence-corrected chi connectivity index (χ1v) is 5.59. The van der Waals surface area contributed by atoms with Crippen LogP contribution in [0.4, 0.5) is 0 Å². The van der Waals surface area contributed by atoms with E-state index in [1.165, 1.54) is 0 Å². The van der Waals surface area contributed by atoms with E-state index in [1.807, 2.05) is 23.9 Å². The van der Waals surface area contributed by atoms with Gasteiger partial charge in [0.15, 0.2) is 0 Å². The summed E-state index contributed by atoms with van der Waals surface area (Å²) in [6.45, 7) is 5.06. The highest BCUT2D eigenvalue weighted by Gasteiger charge is 2.30. The van der Waals surface area contributed by atoms with Gasteiger partial charge < -0.3 is 5.11 Å². The maximum absolute atomic E-state index is 10.4. The molecule has 0 aliphatic heterocycles. The normalized spacial score (nSPS) is 30.7.